The van der Waals surface area contributed by atoms with Gasteiger partial charge >= 0.3 is 0 Å². The van der Waals surface area contributed by atoms with E-state index >= 15 is 0 Å². The van der Waals surface area contributed by atoms with Crippen LogP contribution in [0.2, 0.25) is 0 Å². The van der Waals surface area contributed by atoms with Gasteiger partial charge in [-0.15, -0.1) is 0 Å². The third-order valence-electron chi connectivity index (χ3n) is 6.12. The van der Waals surface area contributed by atoms with Gasteiger partial charge in [-0.25, -0.2) is 24.9 Å². The first-order chi connectivity index (χ1) is 18.3. The zero-order valence-electron chi connectivity index (χ0n) is 19.5. The summed E-state index contributed by atoms with van der Waals surface area (Å²) in [6, 6.07) is 31.4. The van der Waals surface area contributed by atoms with Crippen LogP contribution in [0.5, 0.6) is 0 Å². The number of nitrogens with zero attached hydrogens (tertiary/aromatic N) is 6. The summed E-state index contributed by atoms with van der Waals surface area (Å²) in [5.74, 6) is 1.75. The maximum absolute atomic E-state index is 6.08. The summed E-state index contributed by atoms with van der Waals surface area (Å²) in [7, 11) is 0. The predicted octanol–water partition coefficient (Wildman–Crippen LogP) is 6.62. The van der Waals surface area contributed by atoms with Crippen molar-refractivity contribution < 1.29 is 4.42 Å². The molecule has 0 aliphatic carbocycles. The van der Waals surface area contributed by atoms with Crippen molar-refractivity contribution >= 4 is 22.1 Å². The Bertz CT molecular complexity index is 1810. The molecule has 0 fully saturated rings. The maximum atomic E-state index is 6.08. The zero-order chi connectivity index (χ0) is 24.6. The molecular weight excluding hydrogens is 460 g/mol. The van der Waals surface area contributed by atoms with Crippen LogP contribution in [0.25, 0.3) is 67.6 Å². The van der Waals surface area contributed by atoms with Gasteiger partial charge < -0.3 is 4.42 Å². The van der Waals surface area contributed by atoms with Crippen molar-refractivity contribution in [2.24, 2.45) is 0 Å². The molecule has 0 saturated heterocycles. The molecular formula is C30H18N6O. The van der Waals surface area contributed by atoms with Crippen LogP contribution in [0.3, 0.4) is 0 Å². The largest absolute Gasteiger partial charge is 0.452 e. The lowest BCUT2D eigenvalue weighted by atomic mass is 10.1. The molecule has 0 bridgehead atoms. The fourth-order valence-corrected chi connectivity index (χ4v) is 4.31. The minimum absolute atomic E-state index is 0.545. The molecule has 0 saturated carbocycles. The van der Waals surface area contributed by atoms with E-state index < -0.39 is 0 Å². The Morgan fingerprint density at radius 1 is 0.514 bits per heavy atom. The second kappa shape index (κ2) is 8.73. The van der Waals surface area contributed by atoms with Gasteiger partial charge in [-0.1, -0.05) is 72.8 Å². The molecule has 0 spiro atoms. The summed E-state index contributed by atoms with van der Waals surface area (Å²) in [6.45, 7) is 0. The van der Waals surface area contributed by atoms with E-state index in [2.05, 4.69) is 9.97 Å². The smallest absolute Gasteiger partial charge is 0.181 e. The first-order valence-corrected chi connectivity index (χ1v) is 11.8. The van der Waals surface area contributed by atoms with Crippen molar-refractivity contribution in [2.75, 3.05) is 0 Å². The quantitative estimate of drug-likeness (QED) is 0.281. The van der Waals surface area contributed by atoms with E-state index in [0.717, 1.165) is 33.2 Å². The van der Waals surface area contributed by atoms with Gasteiger partial charge in [0.05, 0.1) is 5.69 Å². The van der Waals surface area contributed by atoms with E-state index in [1.165, 1.54) is 0 Å². The zero-order valence-corrected chi connectivity index (χ0v) is 19.5. The normalized spacial score (nSPS) is 11.2. The molecule has 0 aliphatic heterocycles. The summed E-state index contributed by atoms with van der Waals surface area (Å²) in [6.07, 6.45) is 3.30. The summed E-state index contributed by atoms with van der Waals surface area (Å²) < 4.78 is 6.08. The molecule has 37 heavy (non-hydrogen) atoms. The average molecular weight is 479 g/mol. The van der Waals surface area contributed by atoms with Gasteiger partial charge in [0.25, 0.3) is 0 Å². The molecule has 0 aliphatic rings. The Kier molecular flexibility index (Phi) is 4.96. The monoisotopic (exact) mass is 478 g/mol. The fraction of sp³-hybridized carbons (Fsp3) is 0. The molecule has 0 amide bonds. The first-order valence-electron chi connectivity index (χ1n) is 11.8. The molecule has 0 radical (unpaired) electrons. The molecule has 7 nitrogen and oxygen atoms in total. The third-order valence-corrected chi connectivity index (χ3v) is 6.12. The van der Waals surface area contributed by atoms with Crippen molar-refractivity contribution in [2.45, 2.75) is 0 Å². The number of hydrogen-bond donors (Lipinski definition) is 0. The molecule has 4 heterocycles. The molecule has 4 aromatic heterocycles. The second-order valence-electron chi connectivity index (χ2n) is 8.47. The number of rotatable bonds is 4. The third kappa shape index (κ3) is 3.79. The number of para-hydroxylation sites is 1. The van der Waals surface area contributed by atoms with Crippen LogP contribution in [0, 0.1) is 0 Å². The molecule has 3 aromatic carbocycles. The van der Waals surface area contributed by atoms with Gasteiger partial charge in [-0.3, -0.25) is 4.98 Å². The Labute approximate surface area is 211 Å². The van der Waals surface area contributed by atoms with E-state index in [4.69, 9.17) is 24.4 Å². The lowest BCUT2D eigenvalue weighted by molar-refractivity contribution is 0.667. The molecule has 174 valence electrons. The summed E-state index contributed by atoms with van der Waals surface area (Å²) in [5, 5.41) is 0.949. The molecule has 0 N–H and O–H groups in total. The average Bonchev–Trinajstić information content (AvgIpc) is 3.37. The summed E-state index contributed by atoms with van der Waals surface area (Å²) in [5.41, 5.74) is 6.07. The van der Waals surface area contributed by atoms with Crippen molar-refractivity contribution in [3.8, 4) is 45.6 Å². The standard InChI is InChI=1S/C30H18N6O/c1-3-9-19(10-4-1)28-34-29(20-11-5-2-6-12-20)36-30(35-28)21-15-16-23(31-17-21)26-27-25(32-18-33-26)22-13-7-8-14-24(22)37-27/h1-18H. The Morgan fingerprint density at radius 2 is 1.14 bits per heavy atom. The SMILES string of the molecule is c1ccc(-c2nc(-c3ccccc3)nc(-c3ccc(-c4ncnc5c4oc4ccccc45)nc3)n2)cc1. The van der Waals surface area contributed by atoms with Crippen LogP contribution in [0.4, 0.5) is 0 Å². The van der Waals surface area contributed by atoms with E-state index in [0.29, 0.717) is 34.4 Å². The molecule has 0 atom stereocenters. The topological polar surface area (TPSA) is 90.5 Å². The molecule has 0 unspecified atom stereocenters. The number of furan rings is 1. The van der Waals surface area contributed by atoms with Crippen molar-refractivity contribution in [3.05, 3.63) is 110 Å². The molecule has 7 aromatic rings. The highest BCUT2D eigenvalue weighted by atomic mass is 16.3. The van der Waals surface area contributed by atoms with Crippen LogP contribution < -0.4 is 0 Å². The Balaban J connectivity index is 1.33. The van der Waals surface area contributed by atoms with Gasteiger partial charge in [-0.05, 0) is 24.3 Å². The van der Waals surface area contributed by atoms with E-state index in [9.17, 15) is 0 Å². The summed E-state index contributed by atoms with van der Waals surface area (Å²) >= 11 is 0. The van der Waals surface area contributed by atoms with E-state index in [1.54, 1.807) is 12.5 Å². The van der Waals surface area contributed by atoms with Crippen molar-refractivity contribution in [1.29, 1.82) is 0 Å². The van der Waals surface area contributed by atoms with Gasteiger partial charge in [0.2, 0.25) is 0 Å². The number of pyridine rings is 1. The Morgan fingerprint density at radius 3 is 1.78 bits per heavy atom. The van der Waals surface area contributed by atoms with Crippen LogP contribution in [0.15, 0.2) is 114 Å². The molecule has 7 heteroatoms. The fourth-order valence-electron chi connectivity index (χ4n) is 4.31. The maximum Gasteiger partial charge on any atom is 0.181 e. The van der Waals surface area contributed by atoms with Crippen LogP contribution >= 0.6 is 0 Å². The second-order valence-corrected chi connectivity index (χ2v) is 8.47. The number of aromatic nitrogens is 6. The molecule has 7 rings (SSSR count). The van der Waals surface area contributed by atoms with Crippen LogP contribution in [-0.2, 0) is 0 Å². The van der Waals surface area contributed by atoms with Crippen LogP contribution in [-0.4, -0.2) is 29.9 Å². The van der Waals surface area contributed by atoms with E-state index in [-0.39, 0.29) is 0 Å². The number of fused-ring (bicyclic) bond motifs is 3. The van der Waals surface area contributed by atoms with E-state index in [1.807, 2.05) is 97.1 Å². The van der Waals surface area contributed by atoms with Gasteiger partial charge in [-0.2, -0.15) is 0 Å². The lowest BCUT2D eigenvalue weighted by Gasteiger charge is -2.08. The minimum Gasteiger partial charge on any atom is -0.452 e. The van der Waals surface area contributed by atoms with Crippen molar-refractivity contribution in [3.63, 3.8) is 0 Å². The Hall–Kier alpha value is -5.30. The van der Waals surface area contributed by atoms with Gasteiger partial charge in [0, 0.05) is 28.3 Å². The van der Waals surface area contributed by atoms with Gasteiger partial charge in [0.15, 0.2) is 23.1 Å². The van der Waals surface area contributed by atoms with Crippen molar-refractivity contribution in [1.82, 2.24) is 29.9 Å². The predicted molar refractivity (Wildman–Crippen MR) is 142 cm³/mol. The first kappa shape index (κ1) is 21.0. The number of hydrogen-bond acceptors (Lipinski definition) is 7. The van der Waals surface area contributed by atoms with Crippen LogP contribution in [0.1, 0.15) is 0 Å². The minimum atomic E-state index is 0.545. The highest BCUT2D eigenvalue weighted by Gasteiger charge is 2.16. The highest BCUT2D eigenvalue weighted by Crippen LogP contribution is 2.32. The highest BCUT2D eigenvalue weighted by molar-refractivity contribution is 6.05. The summed E-state index contributed by atoms with van der Waals surface area (Å²) in [4.78, 5) is 27.9. The van der Waals surface area contributed by atoms with Gasteiger partial charge in [0.1, 0.15) is 23.1 Å². The number of benzene rings is 3. The lowest BCUT2D eigenvalue weighted by Crippen LogP contribution is -2.00.